The van der Waals surface area contributed by atoms with Crippen LogP contribution in [0, 0.1) is 0 Å². The van der Waals surface area contributed by atoms with E-state index < -0.39 is 0 Å². The maximum atomic E-state index is 4.42. The van der Waals surface area contributed by atoms with Gasteiger partial charge in [-0.3, -0.25) is 0 Å². The zero-order valence-electron chi connectivity index (χ0n) is 9.75. The van der Waals surface area contributed by atoms with Gasteiger partial charge in [-0.15, -0.1) is 0 Å². The van der Waals surface area contributed by atoms with Gasteiger partial charge in [-0.1, -0.05) is 26.8 Å². The summed E-state index contributed by atoms with van der Waals surface area (Å²) in [5, 5.41) is 0. The van der Waals surface area contributed by atoms with E-state index in [2.05, 4.69) is 36.8 Å². The first-order valence-corrected chi connectivity index (χ1v) is 5.80. The molecular formula is C13H18N2. The summed E-state index contributed by atoms with van der Waals surface area (Å²) in [6.45, 7) is 6.68. The van der Waals surface area contributed by atoms with Gasteiger partial charge < -0.3 is 0 Å². The molecule has 0 saturated carbocycles. The van der Waals surface area contributed by atoms with Crippen molar-refractivity contribution >= 4 is 5.57 Å². The van der Waals surface area contributed by atoms with Crippen LogP contribution >= 0.6 is 0 Å². The molecule has 0 fully saturated rings. The van der Waals surface area contributed by atoms with Crippen molar-refractivity contribution in [3.63, 3.8) is 0 Å². The highest BCUT2D eigenvalue weighted by Crippen LogP contribution is 2.44. The smallest absolute Gasteiger partial charge is 0.116 e. The van der Waals surface area contributed by atoms with E-state index >= 15 is 0 Å². The van der Waals surface area contributed by atoms with Crippen LogP contribution in [0.5, 0.6) is 0 Å². The minimum absolute atomic E-state index is 0.196. The number of hydrogen-bond donors (Lipinski definition) is 0. The first-order chi connectivity index (χ1) is 7.27. The maximum absolute atomic E-state index is 4.42. The Morgan fingerprint density at radius 1 is 1.20 bits per heavy atom. The molecule has 0 spiro atoms. The van der Waals surface area contributed by atoms with E-state index in [4.69, 9.17) is 0 Å². The molecule has 0 N–H and O–H groups in total. The summed E-state index contributed by atoms with van der Waals surface area (Å²) in [4.78, 5) is 8.60. The lowest BCUT2D eigenvalue weighted by atomic mass is 9.79. The molecule has 1 aliphatic rings. The van der Waals surface area contributed by atoms with Gasteiger partial charge in [0.1, 0.15) is 6.33 Å². The molecule has 2 heteroatoms. The van der Waals surface area contributed by atoms with Crippen molar-refractivity contribution in [2.45, 2.75) is 45.4 Å². The Bertz CT molecular complexity index is 389. The molecule has 1 aromatic rings. The topological polar surface area (TPSA) is 25.8 Å². The lowest BCUT2D eigenvalue weighted by molar-refractivity contribution is 0.502. The molecular weight excluding hydrogens is 184 g/mol. The Labute approximate surface area is 91.5 Å². The van der Waals surface area contributed by atoms with E-state index in [9.17, 15) is 0 Å². The molecule has 0 aliphatic heterocycles. The Kier molecular flexibility index (Phi) is 2.59. The fourth-order valence-corrected chi connectivity index (χ4v) is 2.53. The lowest BCUT2D eigenvalue weighted by Gasteiger charge is -2.24. The summed E-state index contributed by atoms with van der Waals surface area (Å²) in [6, 6.07) is 0. The van der Waals surface area contributed by atoms with E-state index in [-0.39, 0.29) is 5.41 Å². The second kappa shape index (κ2) is 3.76. The molecule has 0 atom stereocenters. The van der Waals surface area contributed by atoms with Crippen LogP contribution in [0.15, 0.2) is 18.6 Å². The monoisotopic (exact) mass is 202 g/mol. The fourth-order valence-electron chi connectivity index (χ4n) is 2.53. The number of hydrogen-bond acceptors (Lipinski definition) is 2. The summed E-state index contributed by atoms with van der Waals surface area (Å²) in [5.41, 5.74) is 4.08. The second-order valence-corrected chi connectivity index (χ2v) is 4.17. The van der Waals surface area contributed by atoms with Crippen LogP contribution < -0.4 is 0 Å². The van der Waals surface area contributed by atoms with Gasteiger partial charge in [0, 0.05) is 17.2 Å². The number of aromatic nitrogens is 2. The van der Waals surface area contributed by atoms with Crippen molar-refractivity contribution in [1.82, 2.24) is 9.97 Å². The highest BCUT2D eigenvalue weighted by molar-refractivity contribution is 5.73. The number of allylic oxidation sites excluding steroid dienone is 2. The van der Waals surface area contributed by atoms with Gasteiger partial charge in [0.2, 0.25) is 0 Å². The fraction of sp³-hybridized carbons (Fsp3) is 0.538. The first-order valence-electron chi connectivity index (χ1n) is 5.80. The van der Waals surface area contributed by atoms with E-state index in [1.807, 2.05) is 6.20 Å². The van der Waals surface area contributed by atoms with Crippen LogP contribution in [0.2, 0.25) is 0 Å². The zero-order chi connectivity index (χ0) is 10.9. The number of fused-ring (bicyclic) bond motifs is 1. The molecule has 0 aromatic carbocycles. The summed E-state index contributed by atoms with van der Waals surface area (Å²) in [7, 11) is 0. The molecule has 1 heterocycles. The van der Waals surface area contributed by atoms with E-state index in [1.54, 1.807) is 6.33 Å². The molecule has 1 aromatic heterocycles. The molecule has 80 valence electrons. The normalized spacial score (nSPS) is 17.4. The van der Waals surface area contributed by atoms with Crippen molar-refractivity contribution in [3.05, 3.63) is 29.9 Å². The van der Waals surface area contributed by atoms with Crippen molar-refractivity contribution < 1.29 is 0 Å². The van der Waals surface area contributed by atoms with Crippen LogP contribution in [0.1, 0.15) is 51.3 Å². The van der Waals surface area contributed by atoms with Gasteiger partial charge in [0.15, 0.2) is 0 Å². The van der Waals surface area contributed by atoms with E-state index in [0.717, 1.165) is 19.3 Å². The van der Waals surface area contributed by atoms with Crippen LogP contribution in [-0.2, 0) is 5.41 Å². The van der Waals surface area contributed by atoms with Crippen LogP contribution in [0.4, 0.5) is 0 Å². The highest BCUT2D eigenvalue weighted by Gasteiger charge is 2.35. The van der Waals surface area contributed by atoms with Gasteiger partial charge in [0.05, 0.1) is 5.69 Å². The van der Waals surface area contributed by atoms with Crippen LogP contribution in [0.25, 0.3) is 5.57 Å². The van der Waals surface area contributed by atoms with Crippen molar-refractivity contribution in [1.29, 1.82) is 0 Å². The minimum Gasteiger partial charge on any atom is -0.244 e. The van der Waals surface area contributed by atoms with E-state index in [1.165, 1.54) is 16.8 Å². The van der Waals surface area contributed by atoms with Crippen molar-refractivity contribution in [2.75, 3.05) is 0 Å². The van der Waals surface area contributed by atoms with Crippen LogP contribution in [0.3, 0.4) is 0 Å². The average molecular weight is 202 g/mol. The van der Waals surface area contributed by atoms with Crippen molar-refractivity contribution in [2.24, 2.45) is 0 Å². The average Bonchev–Trinajstić information content (AvgIpc) is 2.64. The minimum atomic E-state index is 0.196. The standard InChI is InChI=1S/C13H18N2/c1-4-10-7-13(5-2,6-3)11-8-14-9-15-12(10)11/h7-9H,4-6H2,1-3H3. The molecule has 0 amide bonds. The second-order valence-electron chi connectivity index (χ2n) is 4.17. The summed E-state index contributed by atoms with van der Waals surface area (Å²) >= 11 is 0. The lowest BCUT2D eigenvalue weighted by Crippen LogP contribution is -2.19. The Hall–Kier alpha value is -1.18. The largest absolute Gasteiger partial charge is 0.244 e. The van der Waals surface area contributed by atoms with Crippen molar-refractivity contribution in [3.8, 4) is 0 Å². The molecule has 2 nitrogen and oxygen atoms in total. The molecule has 15 heavy (non-hydrogen) atoms. The number of rotatable bonds is 3. The third kappa shape index (κ3) is 1.39. The van der Waals surface area contributed by atoms with Gasteiger partial charge in [-0.25, -0.2) is 9.97 Å². The third-order valence-electron chi connectivity index (χ3n) is 3.65. The summed E-state index contributed by atoms with van der Waals surface area (Å²) < 4.78 is 0. The maximum Gasteiger partial charge on any atom is 0.116 e. The molecule has 0 saturated heterocycles. The van der Waals surface area contributed by atoms with Gasteiger partial charge in [0.25, 0.3) is 0 Å². The summed E-state index contributed by atoms with van der Waals surface area (Å²) in [5.74, 6) is 0. The Morgan fingerprint density at radius 3 is 2.53 bits per heavy atom. The van der Waals surface area contributed by atoms with Crippen LogP contribution in [-0.4, -0.2) is 9.97 Å². The molecule has 0 unspecified atom stereocenters. The molecule has 2 rings (SSSR count). The highest BCUT2D eigenvalue weighted by atomic mass is 14.8. The Morgan fingerprint density at radius 2 is 1.93 bits per heavy atom. The van der Waals surface area contributed by atoms with Gasteiger partial charge >= 0.3 is 0 Å². The Balaban J connectivity index is 2.59. The van der Waals surface area contributed by atoms with E-state index in [0.29, 0.717) is 0 Å². The SMILES string of the molecule is CCC1=CC(CC)(CC)c2cncnc21. The predicted molar refractivity (Wildman–Crippen MR) is 62.6 cm³/mol. The first kappa shape index (κ1) is 10.3. The third-order valence-corrected chi connectivity index (χ3v) is 3.65. The molecule has 1 aliphatic carbocycles. The quantitative estimate of drug-likeness (QED) is 0.751. The molecule has 0 radical (unpaired) electrons. The zero-order valence-corrected chi connectivity index (χ0v) is 9.75. The predicted octanol–water partition coefficient (Wildman–Crippen LogP) is 3.34. The number of nitrogens with zero attached hydrogens (tertiary/aromatic N) is 2. The summed E-state index contributed by atoms with van der Waals surface area (Å²) in [6.07, 6.45) is 9.39. The van der Waals surface area contributed by atoms with Gasteiger partial charge in [-0.05, 0) is 24.8 Å². The molecule has 0 bridgehead atoms. The van der Waals surface area contributed by atoms with Gasteiger partial charge in [-0.2, -0.15) is 0 Å².